The molecule has 2 aromatic rings. The van der Waals surface area contributed by atoms with Gasteiger partial charge in [0, 0.05) is 4.88 Å². The standard InChI is InChI=1S/C15H12Cl2N2OS/c16-12-4-1-5-13(17)14(12)15(20)19-9-11-7-6-10(21-11)3-2-8-18/h1,4-7H,8-9,18H2,(H,19,20). The molecule has 2 rings (SSSR count). The second-order valence-electron chi connectivity index (χ2n) is 4.05. The molecule has 0 aliphatic carbocycles. The van der Waals surface area contributed by atoms with Crippen molar-refractivity contribution in [3.63, 3.8) is 0 Å². The van der Waals surface area contributed by atoms with Crippen molar-refractivity contribution in [2.75, 3.05) is 6.54 Å². The number of nitrogens with two attached hydrogens (primary N) is 1. The van der Waals surface area contributed by atoms with Crippen LogP contribution in [-0.2, 0) is 6.54 Å². The third kappa shape index (κ3) is 4.23. The Labute approximate surface area is 137 Å². The molecule has 0 fully saturated rings. The van der Waals surface area contributed by atoms with Gasteiger partial charge in [-0.25, -0.2) is 0 Å². The summed E-state index contributed by atoms with van der Waals surface area (Å²) >= 11 is 13.5. The first kappa shape index (κ1) is 15.9. The molecule has 1 aromatic heterocycles. The van der Waals surface area contributed by atoms with Crippen molar-refractivity contribution in [3.05, 3.63) is 55.7 Å². The number of nitrogens with one attached hydrogen (secondary N) is 1. The van der Waals surface area contributed by atoms with Gasteiger partial charge in [0.15, 0.2) is 0 Å². The van der Waals surface area contributed by atoms with Crippen LogP contribution < -0.4 is 11.1 Å². The zero-order chi connectivity index (χ0) is 15.2. The number of carbonyl (C=O) groups excluding carboxylic acids is 1. The quantitative estimate of drug-likeness (QED) is 0.843. The number of carbonyl (C=O) groups is 1. The summed E-state index contributed by atoms with van der Waals surface area (Å²) in [4.78, 5) is 14.0. The third-order valence-corrected chi connectivity index (χ3v) is 4.22. The maximum atomic E-state index is 12.1. The van der Waals surface area contributed by atoms with E-state index in [1.807, 2.05) is 12.1 Å². The van der Waals surface area contributed by atoms with Crippen LogP contribution in [0, 0.1) is 11.8 Å². The molecule has 0 saturated carbocycles. The van der Waals surface area contributed by atoms with Gasteiger partial charge < -0.3 is 11.1 Å². The van der Waals surface area contributed by atoms with E-state index in [9.17, 15) is 4.79 Å². The molecule has 3 nitrogen and oxygen atoms in total. The zero-order valence-corrected chi connectivity index (χ0v) is 13.3. The van der Waals surface area contributed by atoms with E-state index in [4.69, 9.17) is 28.9 Å². The van der Waals surface area contributed by atoms with E-state index < -0.39 is 0 Å². The van der Waals surface area contributed by atoms with Gasteiger partial charge in [-0.15, -0.1) is 11.3 Å². The fraction of sp³-hybridized carbons (Fsp3) is 0.133. The van der Waals surface area contributed by atoms with Gasteiger partial charge in [0.05, 0.1) is 33.6 Å². The van der Waals surface area contributed by atoms with Crippen molar-refractivity contribution in [1.29, 1.82) is 0 Å². The van der Waals surface area contributed by atoms with E-state index in [1.54, 1.807) is 18.2 Å². The van der Waals surface area contributed by atoms with Gasteiger partial charge >= 0.3 is 0 Å². The van der Waals surface area contributed by atoms with Gasteiger partial charge in [-0.1, -0.05) is 41.1 Å². The second-order valence-corrected chi connectivity index (χ2v) is 6.03. The van der Waals surface area contributed by atoms with Crippen molar-refractivity contribution in [2.45, 2.75) is 6.54 Å². The molecule has 0 saturated heterocycles. The van der Waals surface area contributed by atoms with Crippen LogP contribution in [0.5, 0.6) is 0 Å². The second kappa shape index (κ2) is 7.48. The number of benzene rings is 1. The van der Waals surface area contributed by atoms with E-state index >= 15 is 0 Å². The largest absolute Gasteiger partial charge is 0.347 e. The number of amides is 1. The van der Waals surface area contributed by atoms with Crippen LogP contribution in [-0.4, -0.2) is 12.5 Å². The van der Waals surface area contributed by atoms with Gasteiger partial charge in [0.25, 0.3) is 5.91 Å². The van der Waals surface area contributed by atoms with E-state index in [-0.39, 0.29) is 5.91 Å². The summed E-state index contributed by atoms with van der Waals surface area (Å²) in [5.74, 6) is 5.44. The number of thiophene rings is 1. The Morgan fingerprint density at radius 2 is 1.95 bits per heavy atom. The summed E-state index contributed by atoms with van der Waals surface area (Å²) in [7, 11) is 0. The summed E-state index contributed by atoms with van der Waals surface area (Å²) < 4.78 is 0. The Hall–Kier alpha value is -1.51. The van der Waals surface area contributed by atoms with Crippen molar-refractivity contribution < 1.29 is 4.79 Å². The van der Waals surface area contributed by atoms with Crippen LogP contribution >= 0.6 is 34.5 Å². The highest BCUT2D eigenvalue weighted by Gasteiger charge is 2.14. The zero-order valence-electron chi connectivity index (χ0n) is 11.0. The normalized spacial score (nSPS) is 9.86. The molecule has 6 heteroatoms. The maximum Gasteiger partial charge on any atom is 0.254 e. The van der Waals surface area contributed by atoms with Crippen LogP contribution in [0.15, 0.2) is 30.3 Å². The first-order valence-electron chi connectivity index (χ1n) is 6.11. The fourth-order valence-electron chi connectivity index (χ4n) is 1.65. The van der Waals surface area contributed by atoms with Crippen molar-refractivity contribution >= 4 is 40.4 Å². The smallest absolute Gasteiger partial charge is 0.254 e. The lowest BCUT2D eigenvalue weighted by Crippen LogP contribution is -2.23. The summed E-state index contributed by atoms with van der Waals surface area (Å²) in [6, 6.07) is 8.78. The molecule has 0 aliphatic heterocycles. The molecule has 0 aliphatic rings. The lowest BCUT2D eigenvalue weighted by atomic mass is 10.2. The van der Waals surface area contributed by atoms with Gasteiger partial charge in [0.2, 0.25) is 0 Å². The van der Waals surface area contributed by atoms with E-state index in [0.29, 0.717) is 28.7 Å². The first-order valence-corrected chi connectivity index (χ1v) is 7.69. The summed E-state index contributed by atoms with van der Waals surface area (Å²) in [5.41, 5.74) is 5.62. The summed E-state index contributed by atoms with van der Waals surface area (Å²) in [6.45, 7) is 0.727. The molecule has 0 spiro atoms. The Kier molecular flexibility index (Phi) is 5.66. The lowest BCUT2D eigenvalue weighted by molar-refractivity contribution is 0.0951. The number of hydrogen-bond acceptors (Lipinski definition) is 3. The maximum absolute atomic E-state index is 12.1. The molecule has 3 N–H and O–H groups in total. The minimum Gasteiger partial charge on any atom is -0.347 e. The first-order chi connectivity index (χ1) is 10.1. The SMILES string of the molecule is NCC#Cc1ccc(CNC(=O)c2c(Cl)cccc2Cl)s1. The van der Waals surface area contributed by atoms with Crippen LogP contribution in [0.4, 0.5) is 0 Å². The number of rotatable bonds is 3. The molecule has 1 aromatic carbocycles. The molecular formula is C15H12Cl2N2OS. The van der Waals surface area contributed by atoms with E-state index in [1.165, 1.54) is 11.3 Å². The van der Waals surface area contributed by atoms with Crippen molar-refractivity contribution in [1.82, 2.24) is 5.32 Å². The Bertz CT molecular complexity index is 696. The molecular weight excluding hydrogens is 327 g/mol. The minimum absolute atomic E-state index is 0.292. The predicted octanol–water partition coefficient (Wildman–Crippen LogP) is 3.30. The molecule has 21 heavy (non-hydrogen) atoms. The molecule has 0 bridgehead atoms. The highest BCUT2D eigenvalue weighted by atomic mass is 35.5. The van der Waals surface area contributed by atoms with Crippen LogP contribution in [0.25, 0.3) is 0 Å². The Balaban J connectivity index is 2.03. The van der Waals surface area contributed by atoms with Crippen LogP contribution in [0.1, 0.15) is 20.1 Å². The van der Waals surface area contributed by atoms with Crippen LogP contribution in [0.3, 0.4) is 0 Å². The van der Waals surface area contributed by atoms with E-state index in [0.717, 1.165) is 9.75 Å². The molecule has 108 valence electrons. The highest BCUT2D eigenvalue weighted by molar-refractivity contribution is 7.12. The molecule has 0 atom stereocenters. The fourth-order valence-corrected chi connectivity index (χ4v) is 3.04. The van der Waals surface area contributed by atoms with Crippen LogP contribution in [0.2, 0.25) is 10.0 Å². The highest BCUT2D eigenvalue weighted by Crippen LogP contribution is 2.24. The lowest BCUT2D eigenvalue weighted by Gasteiger charge is -2.07. The molecule has 0 unspecified atom stereocenters. The molecule has 0 radical (unpaired) electrons. The van der Waals surface area contributed by atoms with Gasteiger partial charge in [-0.2, -0.15) is 0 Å². The summed E-state index contributed by atoms with van der Waals surface area (Å²) in [5, 5.41) is 3.46. The van der Waals surface area contributed by atoms with Crippen molar-refractivity contribution in [2.24, 2.45) is 5.73 Å². The number of hydrogen-bond donors (Lipinski definition) is 2. The monoisotopic (exact) mass is 338 g/mol. The Morgan fingerprint density at radius 1 is 1.24 bits per heavy atom. The van der Waals surface area contributed by atoms with Crippen molar-refractivity contribution in [3.8, 4) is 11.8 Å². The third-order valence-electron chi connectivity index (χ3n) is 2.59. The van der Waals surface area contributed by atoms with Gasteiger partial charge in [-0.3, -0.25) is 4.79 Å². The average Bonchev–Trinajstić information content (AvgIpc) is 2.90. The van der Waals surface area contributed by atoms with Gasteiger partial charge in [0.1, 0.15) is 0 Å². The average molecular weight is 339 g/mol. The predicted molar refractivity (Wildman–Crippen MR) is 87.9 cm³/mol. The van der Waals surface area contributed by atoms with Gasteiger partial charge in [-0.05, 0) is 24.3 Å². The number of halogens is 2. The molecule has 1 heterocycles. The molecule has 1 amide bonds. The topological polar surface area (TPSA) is 55.1 Å². The summed E-state index contributed by atoms with van der Waals surface area (Å²) in [6.07, 6.45) is 0. The minimum atomic E-state index is -0.298. The Morgan fingerprint density at radius 3 is 2.62 bits per heavy atom. The van der Waals surface area contributed by atoms with E-state index in [2.05, 4.69) is 17.2 Å².